The van der Waals surface area contributed by atoms with Crippen molar-refractivity contribution in [1.82, 2.24) is 5.32 Å². The molecule has 0 saturated carbocycles. The van der Waals surface area contributed by atoms with Gasteiger partial charge in [-0.05, 0) is 30.8 Å². The molecule has 1 N–H and O–H groups in total. The Bertz CT molecular complexity index is 335. The summed E-state index contributed by atoms with van der Waals surface area (Å²) in [5.74, 6) is 0. The lowest BCUT2D eigenvalue weighted by molar-refractivity contribution is 0.973. The molecular formula is C10H12N2S. The smallest absolute Gasteiger partial charge is 0.173 e. The molecule has 68 valence electrons. The molecule has 0 atom stereocenters. The number of nitrogens with zero attached hydrogens (tertiary/aromatic N) is 1. The van der Waals surface area contributed by atoms with Gasteiger partial charge in [-0.2, -0.15) is 0 Å². The van der Waals surface area contributed by atoms with Gasteiger partial charge >= 0.3 is 0 Å². The minimum Gasteiger partial charge on any atom is -0.360 e. The summed E-state index contributed by atoms with van der Waals surface area (Å²) in [5.41, 5.74) is 2.49. The molecule has 1 aliphatic rings. The summed E-state index contributed by atoms with van der Waals surface area (Å²) in [7, 11) is 0. The highest BCUT2D eigenvalue weighted by Crippen LogP contribution is 2.20. The van der Waals surface area contributed by atoms with Gasteiger partial charge < -0.3 is 10.2 Å². The zero-order chi connectivity index (χ0) is 9.26. The zero-order valence-electron chi connectivity index (χ0n) is 7.58. The largest absolute Gasteiger partial charge is 0.360 e. The van der Waals surface area contributed by atoms with E-state index in [1.54, 1.807) is 0 Å². The highest BCUT2D eigenvalue weighted by atomic mass is 32.1. The molecule has 1 aliphatic heterocycles. The van der Waals surface area contributed by atoms with E-state index >= 15 is 0 Å². The molecule has 0 unspecified atom stereocenters. The molecule has 13 heavy (non-hydrogen) atoms. The van der Waals surface area contributed by atoms with Gasteiger partial charge in [-0.1, -0.05) is 18.2 Å². The van der Waals surface area contributed by atoms with E-state index in [1.807, 2.05) is 12.1 Å². The number of anilines is 1. The predicted octanol–water partition coefficient (Wildman–Crippen LogP) is 1.69. The summed E-state index contributed by atoms with van der Waals surface area (Å²) in [6.07, 6.45) is 0. The average molecular weight is 192 g/mol. The van der Waals surface area contributed by atoms with E-state index in [2.05, 4.69) is 29.3 Å². The summed E-state index contributed by atoms with van der Waals surface area (Å²) < 4.78 is 0. The summed E-state index contributed by atoms with van der Waals surface area (Å²) in [6, 6.07) is 8.31. The highest BCUT2D eigenvalue weighted by Gasteiger charge is 2.18. The van der Waals surface area contributed by atoms with Crippen LogP contribution in [0.5, 0.6) is 0 Å². The van der Waals surface area contributed by atoms with Crippen LogP contribution >= 0.6 is 12.2 Å². The molecule has 2 rings (SSSR count). The van der Waals surface area contributed by atoms with E-state index in [-0.39, 0.29) is 0 Å². The Labute approximate surface area is 83.6 Å². The molecule has 2 nitrogen and oxygen atoms in total. The van der Waals surface area contributed by atoms with Crippen molar-refractivity contribution in [3.63, 3.8) is 0 Å². The minimum absolute atomic E-state index is 0.842. The van der Waals surface area contributed by atoms with Crippen LogP contribution in [-0.2, 0) is 0 Å². The molecule has 0 aromatic heterocycles. The number of aryl methyl sites for hydroxylation is 1. The number of thiocarbonyl (C=S) groups is 1. The second-order valence-electron chi connectivity index (χ2n) is 3.17. The van der Waals surface area contributed by atoms with Crippen molar-refractivity contribution in [2.75, 3.05) is 18.0 Å². The van der Waals surface area contributed by atoms with Gasteiger partial charge in [0.25, 0.3) is 0 Å². The monoisotopic (exact) mass is 192 g/mol. The number of hydrogen-bond donors (Lipinski definition) is 1. The van der Waals surface area contributed by atoms with Gasteiger partial charge in [0.2, 0.25) is 0 Å². The third kappa shape index (κ3) is 1.52. The van der Waals surface area contributed by atoms with Crippen molar-refractivity contribution in [2.24, 2.45) is 0 Å². The van der Waals surface area contributed by atoms with E-state index in [1.165, 1.54) is 11.3 Å². The van der Waals surface area contributed by atoms with Crippen molar-refractivity contribution >= 4 is 23.0 Å². The number of rotatable bonds is 1. The van der Waals surface area contributed by atoms with Crippen LogP contribution < -0.4 is 10.2 Å². The van der Waals surface area contributed by atoms with Crippen LogP contribution in [-0.4, -0.2) is 18.2 Å². The summed E-state index contributed by atoms with van der Waals surface area (Å²) >= 11 is 5.20. The second-order valence-corrected chi connectivity index (χ2v) is 3.56. The summed E-state index contributed by atoms with van der Waals surface area (Å²) in [6.45, 7) is 4.03. The van der Waals surface area contributed by atoms with Gasteiger partial charge in [0.05, 0.1) is 0 Å². The molecule has 1 aromatic rings. The fourth-order valence-electron chi connectivity index (χ4n) is 1.57. The minimum atomic E-state index is 0.842. The lowest BCUT2D eigenvalue weighted by Gasteiger charge is -2.18. The molecule has 1 fully saturated rings. The molecule has 1 aromatic carbocycles. The van der Waals surface area contributed by atoms with Crippen LogP contribution in [0.25, 0.3) is 0 Å². The Morgan fingerprint density at radius 1 is 1.38 bits per heavy atom. The van der Waals surface area contributed by atoms with Crippen LogP contribution in [0, 0.1) is 6.92 Å². The maximum Gasteiger partial charge on any atom is 0.173 e. The van der Waals surface area contributed by atoms with E-state index in [4.69, 9.17) is 12.2 Å². The Balaban J connectivity index is 2.34. The van der Waals surface area contributed by atoms with Crippen LogP contribution in [0.15, 0.2) is 24.3 Å². The van der Waals surface area contributed by atoms with Crippen LogP contribution in [0.3, 0.4) is 0 Å². The summed E-state index contributed by atoms with van der Waals surface area (Å²) in [5, 5.41) is 3.99. The first-order chi connectivity index (χ1) is 6.29. The third-order valence-corrected chi connectivity index (χ3v) is 2.63. The number of nitrogens with one attached hydrogen (secondary N) is 1. The lowest BCUT2D eigenvalue weighted by atomic mass is 10.2. The highest BCUT2D eigenvalue weighted by molar-refractivity contribution is 7.80. The molecule has 0 radical (unpaired) electrons. The van der Waals surface area contributed by atoms with Crippen molar-refractivity contribution in [2.45, 2.75) is 6.92 Å². The van der Waals surface area contributed by atoms with Crippen LogP contribution in [0.4, 0.5) is 5.69 Å². The van der Waals surface area contributed by atoms with Gasteiger partial charge in [0.1, 0.15) is 0 Å². The van der Waals surface area contributed by atoms with Gasteiger partial charge in [0, 0.05) is 18.8 Å². The normalized spacial score (nSPS) is 16.1. The van der Waals surface area contributed by atoms with Gasteiger partial charge in [-0.25, -0.2) is 0 Å². The van der Waals surface area contributed by atoms with Crippen LogP contribution in [0.2, 0.25) is 0 Å². The van der Waals surface area contributed by atoms with E-state index in [9.17, 15) is 0 Å². The standard InChI is InChI=1S/C10H12N2S/c1-8-4-2-3-5-9(8)12-7-6-11-10(12)13/h2-5H,6-7H2,1H3,(H,11,13). The van der Waals surface area contributed by atoms with E-state index in [0.717, 1.165) is 18.2 Å². The predicted molar refractivity (Wildman–Crippen MR) is 59.1 cm³/mol. The number of benzene rings is 1. The SMILES string of the molecule is Cc1ccccc1N1CCNC1=S. The Kier molecular flexibility index (Phi) is 2.19. The quantitative estimate of drug-likeness (QED) is 0.682. The topological polar surface area (TPSA) is 15.3 Å². The van der Waals surface area contributed by atoms with Crippen molar-refractivity contribution in [3.05, 3.63) is 29.8 Å². The third-order valence-electron chi connectivity index (χ3n) is 2.26. The molecule has 1 saturated heterocycles. The van der Waals surface area contributed by atoms with Crippen molar-refractivity contribution < 1.29 is 0 Å². The fraction of sp³-hybridized carbons (Fsp3) is 0.300. The van der Waals surface area contributed by atoms with Gasteiger partial charge in [0.15, 0.2) is 5.11 Å². The molecule has 3 heteroatoms. The molecule has 0 bridgehead atoms. The van der Waals surface area contributed by atoms with Crippen molar-refractivity contribution in [3.8, 4) is 0 Å². The maximum atomic E-state index is 5.20. The average Bonchev–Trinajstić information content (AvgIpc) is 2.52. The van der Waals surface area contributed by atoms with Gasteiger partial charge in [-0.3, -0.25) is 0 Å². The fourth-order valence-corrected chi connectivity index (χ4v) is 1.86. The molecule has 0 amide bonds. The Morgan fingerprint density at radius 2 is 2.15 bits per heavy atom. The maximum absolute atomic E-state index is 5.20. The second kappa shape index (κ2) is 3.34. The number of hydrogen-bond acceptors (Lipinski definition) is 1. The summed E-state index contributed by atoms with van der Waals surface area (Å²) in [4.78, 5) is 2.14. The van der Waals surface area contributed by atoms with E-state index in [0.29, 0.717) is 0 Å². The van der Waals surface area contributed by atoms with Crippen molar-refractivity contribution in [1.29, 1.82) is 0 Å². The zero-order valence-corrected chi connectivity index (χ0v) is 8.40. The molecular weight excluding hydrogens is 180 g/mol. The van der Waals surface area contributed by atoms with Gasteiger partial charge in [-0.15, -0.1) is 0 Å². The molecule has 1 heterocycles. The number of para-hydroxylation sites is 1. The Morgan fingerprint density at radius 3 is 2.77 bits per heavy atom. The van der Waals surface area contributed by atoms with E-state index < -0.39 is 0 Å². The van der Waals surface area contributed by atoms with Crippen LogP contribution in [0.1, 0.15) is 5.56 Å². The molecule has 0 aliphatic carbocycles. The molecule has 0 spiro atoms. The Hall–Kier alpha value is -1.09. The first-order valence-electron chi connectivity index (χ1n) is 4.40. The lowest BCUT2D eigenvalue weighted by Crippen LogP contribution is -2.27. The first-order valence-corrected chi connectivity index (χ1v) is 4.81. The first kappa shape index (κ1) is 8.51.